The number of thiophene rings is 1. The summed E-state index contributed by atoms with van der Waals surface area (Å²) in [4.78, 5) is 0. The molecule has 27 heavy (non-hydrogen) atoms. The fourth-order valence-electron chi connectivity index (χ4n) is 3.07. The van der Waals surface area contributed by atoms with Gasteiger partial charge in [-0.15, -0.1) is 21.5 Å². The Kier molecular flexibility index (Phi) is 5.43. The first kappa shape index (κ1) is 19.1. The monoisotopic (exact) mass is 487 g/mol. The van der Waals surface area contributed by atoms with Crippen LogP contribution in [0.3, 0.4) is 0 Å². The first-order valence-electron chi connectivity index (χ1n) is 8.29. The smallest absolute Gasteiger partial charge is 0.206 e. The Bertz CT molecular complexity index is 1070. The van der Waals surface area contributed by atoms with E-state index in [-0.39, 0.29) is 11.7 Å². The van der Waals surface area contributed by atoms with Gasteiger partial charge in [-0.25, -0.2) is 12.8 Å². The van der Waals surface area contributed by atoms with Crippen LogP contribution in [0, 0.1) is 5.82 Å². The van der Waals surface area contributed by atoms with E-state index in [1.807, 2.05) is 0 Å². The predicted molar refractivity (Wildman–Crippen MR) is 108 cm³/mol. The van der Waals surface area contributed by atoms with Gasteiger partial charge in [-0.05, 0) is 53.0 Å². The molecule has 5 nitrogen and oxygen atoms in total. The number of sulfonamides is 1. The van der Waals surface area contributed by atoms with Crippen LogP contribution < -0.4 is 0 Å². The normalized spacial score (nSPS) is 18.7. The van der Waals surface area contributed by atoms with E-state index >= 15 is 0 Å². The molecular weight excluding hydrogens is 473 g/mol. The van der Waals surface area contributed by atoms with E-state index in [1.54, 1.807) is 30.3 Å². The molecule has 0 bridgehead atoms. The van der Waals surface area contributed by atoms with E-state index in [0.29, 0.717) is 27.9 Å². The Balaban J connectivity index is 1.56. The van der Waals surface area contributed by atoms with Crippen LogP contribution in [0.1, 0.15) is 23.8 Å². The minimum absolute atomic E-state index is 0.0325. The van der Waals surface area contributed by atoms with Crippen molar-refractivity contribution in [1.82, 2.24) is 14.5 Å². The summed E-state index contributed by atoms with van der Waals surface area (Å²) in [5.41, 5.74) is 0.421. The number of halogens is 2. The zero-order valence-corrected chi connectivity index (χ0v) is 18.0. The van der Waals surface area contributed by atoms with Gasteiger partial charge >= 0.3 is 0 Å². The van der Waals surface area contributed by atoms with Gasteiger partial charge in [-0.1, -0.05) is 23.5 Å². The molecular formula is C17H15BrFN3O2S3. The Morgan fingerprint density at radius 1 is 1.15 bits per heavy atom. The molecule has 0 N–H and O–H groups in total. The van der Waals surface area contributed by atoms with Crippen molar-refractivity contribution in [3.8, 4) is 10.6 Å². The molecule has 1 aliphatic heterocycles. The Labute approximate surface area is 173 Å². The summed E-state index contributed by atoms with van der Waals surface area (Å²) in [6.45, 7) is 0.858. The highest BCUT2D eigenvalue weighted by Crippen LogP contribution is 2.36. The lowest BCUT2D eigenvalue weighted by atomic mass is 10.0. The third-order valence-corrected chi connectivity index (χ3v) is 9.50. The third-order valence-electron chi connectivity index (χ3n) is 4.42. The quantitative estimate of drug-likeness (QED) is 0.533. The van der Waals surface area contributed by atoms with E-state index in [2.05, 4.69) is 26.1 Å². The largest absolute Gasteiger partial charge is 0.252 e. The molecule has 1 saturated heterocycles. The van der Waals surface area contributed by atoms with Crippen LogP contribution in [0.25, 0.3) is 10.6 Å². The number of benzene rings is 1. The summed E-state index contributed by atoms with van der Waals surface area (Å²) in [5.74, 6) is -0.369. The number of nitrogens with zero attached hydrogens (tertiary/aromatic N) is 3. The zero-order valence-electron chi connectivity index (χ0n) is 14.0. The number of hydrogen-bond acceptors (Lipinski definition) is 6. The van der Waals surface area contributed by atoms with Crippen LogP contribution >= 0.6 is 38.6 Å². The molecule has 3 aromatic rings. The van der Waals surface area contributed by atoms with Gasteiger partial charge < -0.3 is 0 Å². The number of aromatic nitrogens is 2. The summed E-state index contributed by atoms with van der Waals surface area (Å²) in [6, 6.07) is 9.82. The van der Waals surface area contributed by atoms with Crippen molar-refractivity contribution in [2.75, 3.05) is 13.1 Å². The molecule has 4 rings (SSSR count). The second-order valence-corrected chi connectivity index (χ2v) is 11.8. The van der Waals surface area contributed by atoms with Gasteiger partial charge in [-0.3, -0.25) is 0 Å². The van der Waals surface area contributed by atoms with Crippen molar-refractivity contribution in [2.45, 2.75) is 23.0 Å². The van der Waals surface area contributed by atoms with Crippen molar-refractivity contribution in [3.63, 3.8) is 0 Å². The molecule has 0 saturated carbocycles. The van der Waals surface area contributed by atoms with E-state index < -0.39 is 10.0 Å². The minimum atomic E-state index is -3.52. The van der Waals surface area contributed by atoms with Gasteiger partial charge in [-0.2, -0.15) is 4.31 Å². The molecule has 0 amide bonds. The Morgan fingerprint density at radius 2 is 1.96 bits per heavy atom. The molecule has 1 atom stereocenters. The van der Waals surface area contributed by atoms with Gasteiger partial charge in [0.25, 0.3) is 10.0 Å². The van der Waals surface area contributed by atoms with Crippen LogP contribution in [0.4, 0.5) is 4.39 Å². The number of piperidine rings is 1. The maximum atomic E-state index is 14.0. The van der Waals surface area contributed by atoms with E-state index in [0.717, 1.165) is 21.6 Å². The van der Waals surface area contributed by atoms with E-state index in [1.165, 1.54) is 33.0 Å². The molecule has 3 heterocycles. The van der Waals surface area contributed by atoms with Crippen molar-refractivity contribution < 1.29 is 12.8 Å². The average molecular weight is 488 g/mol. The molecule has 142 valence electrons. The average Bonchev–Trinajstić information content (AvgIpc) is 3.32. The lowest BCUT2D eigenvalue weighted by Crippen LogP contribution is -2.38. The van der Waals surface area contributed by atoms with Crippen LogP contribution in [-0.4, -0.2) is 36.0 Å². The van der Waals surface area contributed by atoms with Gasteiger partial charge in [0, 0.05) is 24.6 Å². The molecule has 10 heteroatoms. The predicted octanol–water partition coefficient (Wildman–Crippen LogP) is 4.74. The fourth-order valence-corrected chi connectivity index (χ4v) is 7.75. The molecule has 1 unspecified atom stereocenters. The molecule has 0 radical (unpaired) electrons. The number of rotatable bonds is 4. The fraction of sp³-hybridized carbons (Fsp3) is 0.294. The molecule has 1 fully saturated rings. The summed E-state index contributed by atoms with van der Waals surface area (Å²) in [6.07, 6.45) is 1.59. The maximum absolute atomic E-state index is 14.0. The van der Waals surface area contributed by atoms with Crippen LogP contribution in [0.5, 0.6) is 0 Å². The van der Waals surface area contributed by atoms with E-state index in [4.69, 9.17) is 0 Å². The van der Waals surface area contributed by atoms with Gasteiger partial charge in [0.05, 0.1) is 3.79 Å². The van der Waals surface area contributed by atoms with Crippen molar-refractivity contribution in [2.24, 2.45) is 0 Å². The summed E-state index contributed by atoms with van der Waals surface area (Å²) >= 11 is 5.86. The van der Waals surface area contributed by atoms with Gasteiger partial charge in [0.1, 0.15) is 15.0 Å². The van der Waals surface area contributed by atoms with Crippen LogP contribution in [0.15, 0.2) is 44.4 Å². The second-order valence-electron chi connectivity index (χ2n) is 6.19. The molecule has 0 spiro atoms. The summed E-state index contributed by atoms with van der Waals surface area (Å²) in [5, 5.41) is 9.62. The molecule has 0 aliphatic carbocycles. The Hall–Kier alpha value is -1.20. The first-order valence-corrected chi connectivity index (χ1v) is 12.2. The van der Waals surface area contributed by atoms with Crippen molar-refractivity contribution in [3.05, 3.63) is 51.0 Å². The molecule has 1 aliphatic rings. The second kappa shape index (κ2) is 7.67. The van der Waals surface area contributed by atoms with Gasteiger partial charge in [0.15, 0.2) is 5.01 Å². The van der Waals surface area contributed by atoms with Gasteiger partial charge in [0.2, 0.25) is 0 Å². The highest BCUT2D eigenvalue weighted by molar-refractivity contribution is 9.11. The van der Waals surface area contributed by atoms with Crippen LogP contribution in [0.2, 0.25) is 0 Å². The van der Waals surface area contributed by atoms with E-state index in [9.17, 15) is 12.8 Å². The minimum Gasteiger partial charge on any atom is -0.206 e. The first-order chi connectivity index (χ1) is 12.9. The van der Waals surface area contributed by atoms with Crippen molar-refractivity contribution in [1.29, 1.82) is 0 Å². The lowest BCUT2D eigenvalue weighted by Gasteiger charge is -2.30. The third kappa shape index (κ3) is 3.86. The van der Waals surface area contributed by atoms with Crippen molar-refractivity contribution >= 4 is 48.6 Å². The molecule has 2 aromatic heterocycles. The highest BCUT2D eigenvalue weighted by atomic mass is 79.9. The zero-order chi connectivity index (χ0) is 19.0. The molecule has 1 aromatic carbocycles. The topological polar surface area (TPSA) is 63.2 Å². The van der Waals surface area contributed by atoms with Crippen LogP contribution in [-0.2, 0) is 10.0 Å². The summed E-state index contributed by atoms with van der Waals surface area (Å²) in [7, 11) is -3.52. The maximum Gasteiger partial charge on any atom is 0.252 e. The Morgan fingerprint density at radius 3 is 2.70 bits per heavy atom. The standard InChI is InChI=1S/C17H15BrFN3O2S3/c18-14-7-8-15(25-14)27(23,24)22-9-3-4-11(10-22)16-20-21-17(26-16)12-5-1-2-6-13(12)19/h1-2,5-8,11H,3-4,9-10H2. The number of hydrogen-bond donors (Lipinski definition) is 0. The highest BCUT2D eigenvalue weighted by Gasteiger charge is 2.33. The SMILES string of the molecule is O=S(=O)(c1ccc(Br)s1)N1CCCC(c2nnc(-c3ccccc3F)s2)C1. The summed E-state index contributed by atoms with van der Waals surface area (Å²) < 4.78 is 42.4. The lowest BCUT2D eigenvalue weighted by molar-refractivity contribution is 0.315.